The van der Waals surface area contributed by atoms with Gasteiger partial charge in [0, 0.05) is 11.3 Å². The van der Waals surface area contributed by atoms with Gasteiger partial charge in [0.2, 0.25) is 5.88 Å². The van der Waals surface area contributed by atoms with E-state index in [9.17, 15) is 0 Å². The summed E-state index contributed by atoms with van der Waals surface area (Å²) in [5.74, 6) is 1.93. The molecule has 0 bridgehead atoms. The van der Waals surface area contributed by atoms with Crippen molar-refractivity contribution >= 4 is 17.2 Å². The second kappa shape index (κ2) is 4.34. The molecular formula is C13H12N2O2S. The predicted octanol–water partition coefficient (Wildman–Crippen LogP) is 3.81. The van der Waals surface area contributed by atoms with Crippen molar-refractivity contribution in [3.05, 3.63) is 35.4 Å². The monoisotopic (exact) mass is 260 g/mol. The van der Waals surface area contributed by atoms with Crippen LogP contribution < -0.4 is 5.73 Å². The number of furan rings is 1. The Hall–Kier alpha value is -2.01. The molecule has 0 aliphatic rings. The molecule has 3 rings (SSSR count). The molecule has 3 heterocycles. The zero-order chi connectivity index (χ0) is 12.5. The lowest BCUT2D eigenvalue weighted by Crippen LogP contribution is -1.84. The number of aryl methyl sites for hydroxylation is 1. The van der Waals surface area contributed by atoms with Crippen LogP contribution in [0, 0.1) is 0 Å². The van der Waals surface area contributed by atoms with Crippen molar-refractivity contribution in [1.82, 2.24) is 5.16 Å². The van der Waals surface area contributed by atoms with Crippen LogP contribution >= 0.6 is 11.3 Å². The number of hydrogen-bond donors (Lipinski definition) is 1. The number of nitrogens with two attached hydrogens (primary N) is 1. The summed E-state index contributed by atoms with van der Waals surface area (Å²) in [6.07, 6.45) is 0.849. The Kier molecular flexibility index (Phi) is 2.68. The maximum Gasteiger partial charge on any atom is 0.231 e. The van der Waals surface area contributed by atoms with Crippen LogP contribution in [0.3, 0.4) is 0 Å². The molecule has 0 aliphatic heterocycles. The lowest BCUT2D eigenvalue weighted by atomic mass is 10.1. The molecule has 0 atom stereocenters. The molecule has 92 valence electrons. The molecule has 0 aliphatic carbocycles. The lowest BCUT2D eigenvalue weighted by molar-refractivity contribution is 0.434. The summed E-state index contributed by atoms with van der Waals surface area (Å²) in [5.41, 5.74) is 7.31. The molecule has 0 aromatic carbocycles. The van der Waals surface area contributed by atoms with Gasteiger partial charge in [0.25, 0.3) is 0 Å². The van der Waals surface area contributed by atoms with Gasteiger partial charge in [-0.2, -0.15) is 0 Å². The SMILES string of the molecule is CCc1ccc(-c2noc(N)c2-c2cccs2)o1. The third-order valence-electron chi connectivity index (χ3n) is 2.73. The minimum Gasteiger partial charge on any atom is -0.459 e. The fraction of sp³-hybridized carbons (Fsp3) is 0.154. The smallest absolute Gasteiger partial charge is 0.231 e. The molecule has 5 heteroatoms. The predicted molar refractivity (Wildman–Crippen MR) is 71.3 cm³/mol. The van der Waals surface area contributed by atoms with Crippen LogP contribution in [-0.4, -0.2) is 5.16 Å². The van der Waals surface area contributed by atoms with Gasteiger partial charge in [-0.1, -0.05) is 18.1 Å². The van der Waals surface area contributed by atoms with Gasteiger partial charge in [0.05, 0.1) is 5.56 Å². The molecule has 3 aromatic rings. The molecule has 4 nitrogen and oxygen atoms in total. The molecule has 0 fully saturated rings. The van der Waals surface area contributed by atoms with E-state index < -0.39 is 0 Å². The molecule has 0 saturated carbocycles. The van der Waals surface area contributed by atoms with Crippen LogP contribution in [0.4, 0.5) is 5.88 Å². The standard InChI is InChI=1S/C13H12N2O2S/c1-2-8-5-6-9(16-8)12-11(13(14)17-15-12)10-4-3-7-18-10/h3-7H,2,14H2,1H3. The first kappa shape index (κ1) is 11.1. The molecule has 2 N–H and O–H groups in total. The fourth-order valence-electron chi connectivity index (χ4n) is 1.83. The summed E-state index contributed by atoms with van der Waals surface area (Å²) in [6, 6.07) is 7.79. The molecule has 0 spiro atoms. The van der Waals surface area contributed by atoms with Crippen molar-refractivity contribution in [1.29, 1.82) is 0 Å². The van der Waals surface area contributed by atoms with Crippen LogP contribution in [0.1, 0.15) is 12.7 Å². The van der Waals surface area contributed by atoms with Crippen LogP contribution in [0.2, 0.25) is 0 Å². The summed E-state index contributed by atoms with van der Waals surface area (Å²) in [5, 5.41) is 5.99. The molecular weight excluding hydrogens is 248 g/mol. The second-order valence-electron chi connectivity index (χ2n) is 3.87. The summed E-state index contributed by atoms with van der Waals surface area (Å²) in [6.45, 7) is 2.04. The maximum atomic E-state index is 5.85. The van der Waals surface area contributed by atoms with E-state index in [1.165, 1.54) is 0 Å². The Morgan fingerprint density at radius 2 is 2.22 bits per heavy atom. The van der Waals surface area contributed by atoms with Crippen molar-refractivity contribution in [2.45, 2.75) is 13.3 Å². The van der Waals surface area contributed by atoms with Gasteiger partial charge in [-0.25, -0.2) is 0 Å². The average Bonchev–Trinajstić information content (AvgIpc) is 3.07. The fourth-order valence-corrected chi connectivity index (χ4v) is 2.60. The molecule has 0 radical (unpaired) electrons. The zero-order valence-electron chi connectivity index (χ0n) is 9.84. The van der Waals surface area contributed by atoms with Gasteiger partial charge in [-0.15, -0.1) is 11.3 Å². The van der Waals surface area contributed by atoms with E-state index in [0.29, 0.717) is 17.3 Å². The van der Waals surface area contributed by atoms with Crippen molar-refractivity contribution in [3.8, 4) is 21.9 Å². The van der Waals surface area contributed by atoms with E-state index in [1.54, 1.807) is 11.3 Å². The minimum atomic E-state index is 0.321. The Labute approximate surface area is 108 Å². The zero-order valence-corrected chi connectivity index (χ0v) is 10.7. The first-order valence-corrected chi connectivity index (χ1v) is 6.55. The largest absolute Gasteiger partial charge is 0.459 e. The second-order valence-corrected chi connectivity index (χ2v) is 4.81. The molecule has 0 unspecified atom stereocenters. The third kappa shape index (κ3) is 1.73. The topological polar surface area (TPSA) is 65.2 Å². The van der Waals surface area contributed by atoms with E-state index in [2.05, 4.69) is 5.16 Å². The van der Waals surface area contributed by atoms with Crippen LogP contribution in [0.5, 0.6) is 0 Å². The van der Waals surface area contributed by atoms with Crippen LogP contribution in [0.15, 0.2) is 38.6 Å². The van der Waals surface area contributed by atoms with Gasteiger partial charge in [-0.05, 0) is 23.6 Å². The van der Waals surface area contributed by atoms with Crippen molar-refractivity contribution in [2.24, 2.45) is 0 Å². The van der Waals surface area contributed by atoms with E-state index in [0.717, 1.165) is 22.6 Å². The highest BCUT2D eigenvalue weighted by Crippen LogP contribution is 2.38. The Balaban J connectivity index is 2.13. The highest BCUT2D eigenvalue weighted by atomic mass is 32.1. The molecule has 3 aromatic heterocycles. The Morgan fingerprint density at radius 3 is 2.89 bits per heavy atom. The quantitative estimate of drug-likeness (QED) is 0.777. The van der Waals surface area contributed by atoms with Gasteiger partial charge < -0.3 is 14.7 Å². The van der Waals surface area contributed by atoms with Crippen LogP contribution in [-0.2, 0) is 6.42 Å². The Bertz CT molecular complexity index is 652. The number of nitrogen functional groups attached to an aromatic ring is 1. The van der Waals surface area contributed by atoms with Gasteiger partial charge in [0.15, 0.2) is 11.5 Å². The van der Waals surface area contributed by atoms with Gasteiger partial charge >= 0.3 is 0 Å². The third-order valence-corrected chi connectivity index (χ3v) is 3.62. The Morgan fingerprint density at radius 1 is 1.33 bits per heavy atom. The highest BCUT2D eigenvalue weighted by molar-refractivity contribution is 7.13. The number of nitrogens with zero attached hydrogens (tertiary/aromatic N) is 1. The number of rotatable bonds is 3. The summed E-state index contributed by atoms with van der Waals surface area (Å²) in [7, 11) is 0. The highest BCUT2D eigenvalue weighted by Gasteiger charge is 2.20. The van der Waals surface area contributed by atoms with E-state index in [-0.39, 0.29) is 0 Å². The molecule has 0 amide bonds. The first-order valence-electron chi connectivity index (χ1n) is 5.67. The minimum absolute atomic E-state index is 0.321. The number of hydrogen-bond acceptors (Lipinski definition) is 5. The summed E-state index contributed by atoms with van der Waals surface area (Å²) in [4.78, 5) is 1.03. The first-order chi connectivity index (χ1) is 8.79. The normalized spacial score (nSPS) is 10.9. The summed E-state index contributed by atoms with van der Waals surface area (Å²) >= 11 is 1.59. The average molecular weight is 260 g/mol. The number of aromatic nitrogens is 1. The molecule has 18 heavy (non-hydrogen) atoms. The maximum absolute atomic E-state index is 5.85. The van der Waals surface area contributed by atoms with E-state index in [1.807, 2.05) is 36.6 Å². The number of anilines is 1. The van der Waals surface area contributed by atoms with Gasteiger partial charge in [0.1, 0.15) is 5.76 Å². The van der Waals surface area contributed by atoms with Crippen molar-refractivity contribution in [2.75, 3.05) is 5.73 Å². The number of thiophene rings is 1. The molecule has 0 saturated heterocycles. The van der Waals surface area contributed by atoms with Crippen molar-refractivity contribution in [3.63, 3.8) is 0 Å². The van der Waals surface area contributed by atoms with E-state index in [4.69, 9.17) is 14.7 Å². The van der Waals surface area contributed by atoms with Crippen LogP contribution in [0.25, 0.3) is 21.9 Å². The summed E-state index contributed by atoms with van der Waals surface area (Å²) < 4.78 is 10.8. The van der Waals surface area contributed by atoms with Gasteiger partial charge in [-0.3, -0.25) is 0 Å². The van der Waals surface area contributed by atoms with E-state index >= 15 is 0 Å². The lowest BCUT2D eigenvalue weighted by Gasteiger charge is -1.96. The van der Waals surface area contributed by atoms with Crippen molar-refractivity contribution < 1.29 is 8.94 Å².